The molecule has 2 fully saturated rings. The number of piperidine rings is 1. The zero-order valence-corrected chi connectivity index (χ0v) is 17.2. The molecule has 0 bridgehead atoms. The summed E-state index contributed by atoms with van der Waals surface area (Å²) in [7, 11) is 0. The van der Waals surface area contributed by atoms with E-state index in [9.17, 15) is 18.4 Å². The Balaban J connectivity index is 1.31. The van der Waals surface area contributed by atoms with Gasteiger partial charge in [0, 0.05) is 43.5 Å². The van der Waals surface area contributed by atoms with Gasteiger partial charge in [-0.15, -0.1) is 0 Å². The first-order chi connectivity index (χ1) is 15.0. The molecule has 164 valence electrons. The van der Waals surface area contributed by atoms with E-state index in [0.717, 1.165) is 12.8 Å². The molecule has 6 nitrogen and oxygen atoms in total. The number of halogens is 2. The molecular weight excluding hydrogens is 402 g/mol. The Bertz CT molecular complexity index is 917. The Kier molecular flexibility index (Phi) is 6.34. The fraction of sp³-hybridized carbons (Fsp3) is 0.391. The summed E-state index contributed by atoms with van der Waals surface area (Å²) in [6, 6.07) is 11.3. The van der Waals surface area contributed by atoms with Crippen molar-refractivity contribution in [3.8, 4) is 0 Å². The van der Waals surface area contributed by atoms with Crippen LogP contribution in [0.5, 0.6) is 0 Å². The first-order valence-corrected chi connectivity index (χ1v) is 10.7. The topological polar surface area (TPSA) is 64.7 Å². The average Bonchev–Trinajstić information content (AvgIpc) is 3.28. The van der Waals surface area contributed by atoms with Crippen molar-refractivity contribution in [1.82, 2.24) is 4.90 Å². The van der Waals surface area contributed by atoms with Crippen molar-refractivity contribution in [2.45, 2.75) is 25.7 Å². The molecule has 0 spiro atoms. The van der Waals surface area contributed by atoms with Gasteiger partial charge in [-0.05, 0) is 49.9 Å². The van der Waals surface area contributed by atoms with Gasteiger partial charge in [0.25, 0.3) is 0 Å². The van der Waals surface area contributed by atoms with Gasteiger partial charge in [-0.3, -0.25) is 4.79 Å². The molecule has 2 aliphatic heterocycles. The number of nitrogens with zero attached hydrogens (tertiary/aromatic N) is 2. The van der Waals surface area contributed by atoms with E-state index in [-0.39, 0.29) is 29.2 Å². The Labute approximate surface area is 180 Å². The van der Waals surface area contributed by atoms with Crippen LogP contribution in [0.25, 0.3) is 0 Å². The Hall–Kier alpha value is -3.16. The number of benzene rings is 2. The Morgan fingerprint density at radius 2 is 1.45 bits per heavy atom. The number of carbonyl (C=O) groups is 2. The molecular formula is C23H26F2N4O2. The van der Waals surface area contributed by atoms with E-state index < -0.39 is 11.6 Å². The monoisotopic (exact) mass is 428 g/mol. The maximum absolute atomic E-state index is 14.5. The van der Waals surface area contributed by atoms with Crippen molar-refractivity contribution < 1.29 is 18.4 Å². The number of rotatable bonds is 4. The third kappa shape index (κ3) is 4.95. The SMILES string of the molecule is O=C(Nc1cc(F)c(N2CCCC2)c(F)c1)C1CCN(C(=O)Nc2ccccc2)CC1. The van der Waals surface area contributed by atoms with Crippen molar-refractivity contribution in [3.63, 3.8) is 0 Å². The second kappa shape index (κ2) is 9.32. The number of anilines is 3. The summed E-state index contributed by atoms with van der Waals surface area (Å²) in [6.45, 7) is 2.15. The lowest BCUT2D eigenvalue weighted by atomic mass is 9.96. The van der Waals surface area contributed by atoms with Gasteiger partial charge in [0.2, 0.25) is 5.91 Å². The van der Waals surface area contributed by atoms with Gasteiger partial charge < -0.3 is 20.4 Å². The normalized spacial score (nSPS) is 17.0. The predicted molar refractivity (Wildman–Crippen MR) is 116 cm³/mol. The zero-order valence-electron chi connectivity index (χ0n) is 17.2. The first-order valence-electron chi connectivity index (χ1n) is 10.7. The summed E-state index contributed by atoms with van der Waals surface area (Å²) in [5, 5.41) is 5.47. The minimum atomic E-state index is -0.662. The van der Waals surface area contributed by atoms with Crippen LogP contribution in [-0.2, 0) is 4.79 Å². The summed E-state index contributed by atoms with van der Waals surface area (Å²) in [5.74, 6) is -1.92. The summed E-state index contributed by atoms with van der Waals surface area (Å²) in [6.07, 6.45) is 2.81. The van der Waals surface area contributed by atoms with E-state index in [1.807, 2.05) is 30.3 Å². The fourth-order valence-electron chi connectivity index (χ4n) is 4.19. The van der Waals surface area contributed by atoms with E-state index >= 15 is 0 Å². The highest BCUT2D eigenvalue weighted by atomic mass is 19.1. The minimum Gasteiger partial charge on any atom is -0.367 e. The van der Waals surface area contributed by atoms with Gasteiger partial charge in [0.15, 0.2) is 11.6 Å². The van der Waals surface area contributed by atoms with Crippen LogP contribution in [0.2, 0.25) is 0 Å². The standard InChI is InChI=1S/C23H26F2N4O2/c24-19-14-18(15-20(25)21(19)28-10-4-5-11-28)26-22(30)16-8-12-29(13-9-16)23(31)27-17-6-2-1-3-7-17/h1-3,6-7,14-16H,4-5,8-13H2,(H,26,30)(H,27,31). The van der Waals surface area contributed by atoms with Crippen LogP contribution in [-0.4, -0.2) is 43.0 Å². The van der Waals surface area contributed by atoms with Crippen molar-refractivity contribution in [2.75, 3.05) is 41.7 Å². The van der Waals surface area contributed by atoms with Crippen LogP contribution >= 0.6 is 0 Å². The van der Waals surface area contributed by atoms with E-state index in [2.05, 4.69) is 10.6 Å². The molecule has 2 aromatic carbocycles. The lowest BCUT2D eigenvalue weighted by molar-refractivity contribution is -0.121. The molecule has 0 saturated carbocycles. The predicted octanol–water partition coefficient (Wildman–Crippen LogP) is 4.45. The second-order valence-electron chi connectivity index (χ2n) is 8.03. The van der Waals surface area contributed by atoms with E-state index in [4.69, 9.17) is 0 Å². The molecule has 0 unspecified atom stereocenters. The lowest BCUT2D eigenvalue weighted by Crippen LogP contribution is -2.43. The molecule has 2 aliphatic rings. The molecule has 0 radical (unpaired) electrons. The van der Waals surface area contributed by atoms with Crippen LogP contribution < -0.4 is 15.5 Å². The first kappa shape index (κ1) is 21.1. The zero-order chi connectivity index (χ0) is 21.8. The molecule has 0 aromatic heterocycles. The number of urea groups is 1. The number of likely N-dealkylation sites (tertiary alicyclic amines) is 1. The Morgan fingerprint density at radius 3 is 2.06 bits per heavy atom. The maximum atomic E-state index is 14.5. The largest absolute Gasteiger partial charge is 0.367 e. The van der Waals surface area contributed by atoms with Gasteiger partial charge in [0.1, 0.15) is 5.69 Å². The third-order valence-electron chi connectivity index (χ3n) is 5.88. The quantitative estimate of drug-likeness (QED) is 0.756. The number of amides is 3. The van der Waals surface area contributed by atoms with E-state index in [1.165, 1.54) is 12.1 Å². The van der Waals surface area contributed by atoms with Crippen molar-refractivity contribution in [3.05, 3.63) is 54.1 Å². The maximum Gasteiger partial charge on any atom is 0.321 e. The number of carbonyl (C=O) groups excluding carboxylic acids is 2. The minimum absolute atomic E-state index is 0.0202. The molecule has 3 amide bonds. The molecule has 4 rings (SSSR count). The third-order valence-corrected chi connectivity index (χ3v) is 5.88. The molecule has 2 aromatic rings. The van der Waals surface area contributed by atoms with Crippen LogP contribution in [0.4, 0.5) is 30.6 Å². The summed E-state index contributed by atoms with van der Waals surface area (Å²) in [5.41, 5.74) is 0.814. The number of para-hydroxylation sites is 1. The summed E-state index contributed by atoms with van der Waals surface area (Å²) >= 11 is 0. The highest BCUT2D eigenvalue weighted by Crippen LogP contribution is 2.30. The lowest BCUT2D eigenvalue weighted by Gasteiger charge is -2.31. The molecule has 0 atom stereocenters. The molecule has 8 heteroatoms. The molecule has 2 N–H and O–H groups in total. The second-order valence-corrected chi connectivity index (χ2v) is 8.03. The van der Waals surface area contributed by atoms with Gasteiger partial charge in [-0.25, -0.2) is 13.6 Å². The van der Waals surface area contributed by atoms with Crippen LogP contribution in [0.1, 0.15) is 25.7 Å². The van der Waals surface area contributed by atoms with Crippen molar-refractivity contribution in [2.24, 2.45) is 5.92 Å². The summed E-state index contributed by atoms with van der Waals surface area (Å²) < 4.78 is 29.0. The highest BCUT2D eigenvalue weighted by molar-refractivity contribution is 5.93. The number of hydrogen-bond acceptors (Lipinski definition) is 3. The van der Waals surface area contributed by atoms with Gasteiger partial charge in [-0.1, -0.05) is 18.2 Å². The number of hydrogen-bond donors (Lipinski definition) is 2. The van der Waals surface area contributed by atoms with E-state index in [1.54, 1.807) is 9.80 Å². The fourth-order valence-corrected chi connectivity index (χ4v) is 4.19. The van der Waals surface area contributed by atoms with E-state index in [0.29, 0.717) is 44.7 Å². The van der Waals surface area contributed by atoms with Crippen LogP contribution in [0.3, 0.4) is 0 Å². The van der Waals surface area contributed by atoms with Gasteiger partial charge in [-0.2, -0.15) is 0 Å². The van der Waals surface area contributed by atoms with Crippen LogP contribution in [0, 0.1) is 17.6 Å². The average molecular weight is 428 g/mol. The van der Waals surface area contributed by atoms with Crippen molar-refractivity contribution in [1.29, 1.82) is 0 Å². The highest BCUT2D eigenvalue weighted by Gasteiger charge is 2.28. The Morgan fingerprint density at radius 1 is 0.839 bits per heavy atom. The summed E-state index contributed by atoms with van der Waals surface area (Å²) in [4.78, 5) is 28.4. The van der Waals surface area contributed by atoms with Gasteiger partial charge in [0.05, 0.1) is 0 Å². The smallest absolute Gasteiger partial charge is 0.321 e. The van der Waals surface area contributed by atoms with Gasteiger partial charge >= 0.3 is 6.03 Å². The van der Waals surface area contributed by atoms with Crippen LogP contribution in [0.15, 0.2) is 42.5 Å². The molecule has 0 aliphatic carbocycles. The molecule has 2 saturated heterocycles. The molecule has 2 heterocycles. The van der Waals surface area contributed by atoms with Crippen molar-refractivity contribution >= 4 is 29.0 Å². The number of nitrogens with one attached hydrogen (secondary N) is 2. The molecule has 31 heavy (non-hydrogen) atoms.